The number of aryl methyl sites for hydroxylation is 1. The van der Waals surface area contributed by atoms with Crippen LogP contribution in [0.4, 0.5) is 0 Å². The second-order valence-electron chi connectivity index (χ2n) is 6.03. The van der Waals surface area contributed by atoms with Gasteiger partial charge in [-0.1, -0.05) is 29.8 Å². The molecule has 0 saturated carbocycles. The van der Waals surface area contributed by atoms with Crippen LogP contribution < -0.4 is 10.6 Å². The molecule has 0 amide bonds. The Labute approximate surface area is 167 Å². The van der Waals surface area contributed by atoms with Crippen molar-refractivity contribution in [2.45, 2.75) is 38.0 Å². The minimum Gasteiger partial charge on any atom is -0.381 e. The van der Waals surface area contributed by atoms with Crippen molar-refractivity contribution in [2.75, 3.05) is 32.6 Å². The van der Waals surface area contributed by atoms with Gasteiger partial charge in [-0.15, -0.1) is 24.0 Å². The fourth-order valence-corrected chi connectivity index (χ4v) is 3.44. The van der Waals surface area contributed by atoms with Crippen molar-refractivity contribution in [1.82, 2.24) is 10.6 Å². The molecule has 1 aromatic carbocycles. The summed E-state index contributed by atoms with van der Waals surface area (Å²) in [6, 6.07) is 8.56. The Balaban J connectivity index is 0.00000288. The maximum absolute atomic E-state index is 5.51. The molecule has 0 spiro atoms. The van der Waals surface area contributed by atoms with E-state index in [0.717, 1.165) is 45.1 Å². The van der Waals surface area contributed by atoms with E-state index in [9.17, 15) is 0 Å². The molecule has 0 atom stereocenters. The van der Waals surface area contributed by atoms with Crippen LogP contribution in [0.5, 0.6) is 0 Å². The van der Waals surface area contributed by atoms with Crippen LogP contribution in [-0.2, 0) is 11.3 Å². The fourth-order valence-electron chi connectivity index (χ4n) is 2.65. The largest absolute Gasteiger partial charge is 0.381 e. The van der Waals surface area contributed by atoms with Crippen molar-refractivity contribution in [3.63, 3.8) is 0 Å². The molecule has 6 heteroatoms. The number of rotatable bonds is 6. The first-order valence-electron chi connectivity index (χ1n) is 8.38. The summed E-state index contributed by atoms with van der Waals surface area (Å²) >= 11 is 1.94. The molecule has 1 aliphatic heterocycles. The van der Waals surface area contributed by atoms with Gasteiger partial charge < -0.3 is 15.4 Å². The number of aliphatic imine (C=N–C) groups is 1. The Morgan fingerprint density at radius 2 is 1.88 bits per heavy atom. The number of nitrogens with one attached hydrogen (secondary N) is 2. The first-order chi connectivity index (χ1) is 11.2. The fraction of sp³-hybridized carbons (Fsp3) is 0.611. The zero-order valence-corrected chi connectivity index (χ0v) is 18.1. The molecular weight excluding hydrogens is 433 g/mol. The van der Waals surface area contributed by atoms with Crippen LogP contribution in [-0.4, -0.2) is 43.3 Å². The monoisotopic (exact) mass is 463 g/mol. The molecule has 1 aliphatic rings. The van der Waals surface area contributed by atoms with Gasteiger partial charge in [0.15, 0.2) is 5.96 Å². The van der Waals surface area contributed by atoms with E-state index in [1.165, 1.54) is 11.1 Å². The number of nitrogens with zero attached hydrogens (tertiary/aromatic N) is 1. The topological polar surface area (TPSA) is 45.7 Å². The maximum Gasteiger partial charge on any atom is 0.191 e. The molecule has 2 rings (SSSR count). The van der Waals surface area contributed by atoms with Crippen LogP contribution in [0.2, 0.25) is 0 Å². The molecule has 1 heterocycles. The predicted molar refractivity (Wildman–Crippen MR) is 116 cm³/mol. The second kappa shape index (κ2) is 11.2. The normalized spacial score (nSPS) is 17.0. The summed E-state index contributed by atoms with van der Waals surface area (Å²) in [6.45, 7) is 8.42. The highest BCUT2D eigenvalue weighted by atomic mass is 127. The third-order valence-electron chi connectivity index (χ3n) is 4.30. The van der Waals surface area contributed by atoms with E-state index >= 15 is 0 Å². The standard InChI is InChI=1S/C18H29N3OS.HI/c1-4-19-17(20-13-16-7-5-15(2)6-8-16)21-14-18(23-3)9-11-22-12-10-18;/h5-8H,4,9-14H2,1-3H3,(H2,19,20,21);1H. The van der Waals surface area contributed by atoms with E-state index in [2.05, 4.69) is 55.0 Å². The number of guanidine groups is 1. The van der Waals surface area contributed by atoms with Gasteiger partial charge in [0.05, 0.1) is 6.54 Å². The van der Waals surface area contributed by atoms with E-state index in [1.807, 2.05) is 11.8 Å². The lowest BCUT2D eigenvalue weighted by Gasteiger charge is -2.36. The van der Waals surface area contributed by atoms with Gasteiger partial charge in [-0.25, -0.2) is 4.99 Å². The average molecular weight is 463 g/mol. The second-order valence-corrected chi connectivity index (χ2v) is 7.31. The SMILES string of the molecule is CCNC(=NCc1ccc(C)cc1)NCC1(SC)CCOCC1.I. The first kappa shape index (κ1) is 21.6. The molecule has 1 aromatic rings. The van der Waals surface area contributed by atoms with Crippen molar-refractivity contribution >= 4 is 41.7 Å². The molecule has 0 bridgehead atoms. The highest BCUT2D eigenvalue weighted by molar-refractivity contribution is 14.0. The Morgan fingerprint density at radius 1 is 1.21 bits per heavy atom. The Morgan fingerprint density at radius 3 is 2.46 bits per heavy atom. The molecule has 0 unspecified atom stereocenters. The van der Waals surface area contributed by atoms with E-state index in [-0.39, 0.29) is 28.7 Å². The van der Waals surface area contributed by atoms with Crippen LogP contribution >= 0.6 is 35.7 Å². The van der Waals surface area contributed by atoms with Crippen LogP contribution in [0, 0.1) is 6.92 Å². The predicted octanol–water partition coefficient (Wildman–Crippen LogP) is 3.58. The third-order valence-corrected chi connectivity index (χ3v) is 5.72. The zero-order valence-electron chi connectivity index (χ0n) is 14.9. The van der Waals surface area contributed by atoms with Crippen LogP contribution in [0.1, 0.15) is 30.9 Å². The van der Waals surface area contributed by atoms with Crippen LogP contribution in [0.25, 0.3) is 0 Å². The number of ether oxygens (including phenoxy) is 1. The van der Waals surface area contributed by atoms with Gasteiger partial charge in [-0.3, -0.25) is 0 Å². The van der Waals surface area contributed by atoms with E-state index in [4.69, 9.17) is 9.73 Å². The van der Waals surface area contributed by atoms with Gasteiger partial charge in [-0.2, -0.15) is 11.8 Å². The van der Waals surface area contributed by atoms with Crippen molar-refractivity contribution in [3.05, 3.63) is 35.4 Å². The molecule has 2 N–H and O–H groups in total. The zero-order chi connectivity index (χ0) is 16.5. The molecule has 0 radical (unpaired) electrons. The van der Waals surface area contributed by atoms with E-state index < -0.39 is 0 Å². The summed E-state index contributed by atoms with van der Waals surface area (Å²) in [5.41, 5.74) is 2.52. The molecule has 136 valence electrons. The summed E-state index contributed by atoms with van der Waals surface area (Å²) in [4.78, 5) is 4.72. The number of thioether (sulfide) groups is 1. The molecule has 1 saturated heterocycles. The number of benzene rings is 1. The van der Waals surface area contributed by atoms with E-state index in [0.29, 0.717) is 6.54 Å². The van der Waals surface area contributed by atoms with Gasteiger partial charge in [0.25, 0.3) is 0 Å². The van der Waals surface area contributed by atoms with E-state index in [1.54, 1.807) is 0 Å². The Bertz CT molecular complexity index is 501. The van der Waals surface area contributed by atoms with Crippen molar-refractivity contribution in [1.29, 1.82) is 0 Å². The maximum atomic E-state index is 5.51. The van der Waals surface area contributed by atoms with Gasteiger partial charge in [0, 0.05) is 31.1 Å². The van der Waals surface area contributed by atoms with Crippen LogP contribution in [0.15, 0.2) is 29.3 Å². The molecule has 24 heavy (non-hydrogen) atoms. The third kappa shape index (κ3) is 6.80. The minimum absolute atomic E-state index is 0. The lowest BCUT2D eigenvalue weighted by Crippen LogP contribution is -2.47. The van der Waals surface area contributed by atoms with Crippen molar-refractivity contribution < 1.29 is 4.74 Å². The molecule has 0 aromatic heterocycles. The van der Waals surface area contributed by atoms with Crippen molar-refractivity contribution in [3.8, 4) is 0 Å². The minimum atomic E-state index is 0. The number of hydrogen-bond acceptors (Lipinski definition) is 3. The Kier molecular flexibility index (Phi) is 10.1. The van der Waals surface area contributed by atoms with Crippen molar-refractivity contribution in [2.24, 2.45) is 4.99 Å². The first-order valence-corrected chi connectivity index (χ1v) is 9.60. The molecule has 4 nitrogen and oxygen atoms in total. The number of hydrogen-bond donors (Lipinski definition) is 2. The van der Waals surface area contributed by atoms with Gasteiger partial charge in [-0.05, 0) is 38.5 Å². The summed E-state index contributed by atoms with van der Waals surface area (Å²) in [5.74, 6) is 0.896. The summed E-state index contributed by atoms with van der Waals surface area (Å²) in [5, 5.41) is 6.87. The molecular formula is C18H30IN3OS. The molecule has 1 fully saturated rings. The highest BCUT2D eigenvalue weighted by Gasteiger charge is 2.31. The lowest BCUT2D eigenvalue weighted by molar-refractivity contribution is 0.0783. The summed E-state index contributed by atoms with van der Waals surface area (Å²) in [6.07, 6.45) is 4.39. The smallest absolute Gasteiger partial charge is 0.191 e. The number of halogens is 1. The lowest BCUT2D eigenvalue weighted by atomic mass is 9.99. The summed E-state index contributed by atoms with van der Waals surface area (Å²) in [7, 11) is 0. The quantitative estimate of drug-likeness (QED) is 0.385. The van der Waals surface area contributed by atoms with Gasteiger partial charge in [0.2, 0.25) is 0 Å². The average Bonchev–Trinajstić information content (AvgIpc) is 2.59. The highest BCUT2D eigenvalue weighted by Crippen LogP contribution is 2.32. The molecule has 0 aliphatic carbocycles. The Hall–Kier alpha value is -0.470. The van der Waals surface area contributed by atoms with Gasteiger partial charge in [0.1, 0.15) is 0 Å². The van der Waals surface area contributed by atoms with Crippen LogP contribution in [0.3, 0.4) is 0 Å². The van der Waals surface area contributed by atoms with Gasteiger partial charge >= 0.3 is 0 Å². The summed E-state index contributed by atoms with van der Waals surface area (Å²) < 4.78 is 5.77.